The van der Waals surface area contributed by atoms with Crippen molar-refractivity contribution in [2.24, 2.45) is 7.05 Å². The smallest absolute Gasteiger partial charge is 0.246 e. The molecule has 0 atom stereocenters. The van der Waals surface area contributed by atoms with Crippen molar-refractivity contribution in [2.45, 2.75) is 32.5 Å². The lowest BCUT2D eigenvalue weighted by atomic mass is 10.0. The number of hydrogen-bond acceptors (Lipinski definition) is 4. The first kappa shape index (κ1) is 15.2. The third-order valence-corrected chi connectivity index (χ3v) is 4.61. The van der Waals surface area contributed by atoms with Gasteiger partial charge in [0.15, 0.2) is 5.79 Å². The van der Waals surface area contributed by atoms with Crippen molar-refractivity contribution in [1.82, 2.24) is 14.7 Å². The highest BCUT2D eigenvalue weighted by molar-refractivity contribution is 5.92. The van der Waals surface area contributed by atoms with Crippen LogP contribution in [-0.2, 0) is 21.3 Å². The van der Waals surface area contributed by atoms with Gasteiger partial charge in [-0.2, -0.15) is 5.10 Å². The molecule has 1 spiro atoms. The molecule has 0 unspecified atom stereocenters. The second kappa shape index (κ2) is 5.85. The second-order valence-electron chi connectivity index (χ2n) is 5.97. The van der Waals surface area contributed by atoms with E-state index in [9.17, 15) is 4.79 Å². The molecule has 6 nitrogen and oxygen atoms in total. The molecular weight excluding hydrogens is 282 g/mol. The number of aryl methyl sites for hydroxylation is 2. The van der Waals surface area contributed by atoms with E-state index in [1.165, 1.54) is 0 Å². The fraction of sp³-hybridized carbons (Fsp3) is 0.625. The molecule has 0 aliphatic carbocycles. The van der Waals surface area contributed by atoms with Crippen LogP contribution in [0.15, 0.2) is 6.08 Å². The SMILES string of the molecule is Cc1nn(C)c(C)c1C=CC(=O)N1CCC2(CC1)OCCO2. The number of piperidine rings is 1. The summed E-state index contributed by atoms with van der Waals surface area (Å²) in [6.45, 7) is 6.63. The molecule has 0 radical (unpaired) electrons. The number of hydrogen-bond donors (Lipinski definition) is 0. The van der Waals surface area contributed by atoms with Crippen molar-refractivity contribution < 1.29 is 14.3 Å². The molecule has 0 N–H and O–H groups in total. The van der Waals surface area contributed by atoms with E-state index in [2.05, 4.69) is 5.10 Å². The molecule has 0 aromatic carbocycles. The maximum absolute atomic E-state index is 12.3. The van der Waals surface area contributed by atoms with Crippen molar-refractivity contribution in [3.05, 3.63) is 23.0 Å². The number of rotatable bonds is 2. The Morgan fingerprint density at radius 3 is 2.41 bits per heavy atom. The summed E-state index contributed by atoms with van der Waals surface area (Å²) in [7, 11) is 1.91. The van der Waals surface area contributed by atoms with Gasteiger partial charge in [-0.25, -0.2) is 0 Å². The van der Waals surface area contributed by atoms with E-state index in [1.807, 2.05) is 36.6 Å². The zero-order chi connectivity index (χ0) is 15.7. The highest BCUT2D eigenvalue weighted by Crippen LogP contribution is 2.31. The van der Waals surface area contributed by atoms with Gasteiger partial charge in [0, 0.05) is 50.3 Å². The van der Waals surface area contributed by atoms with Crippen molar-refractivity contribution >= 4 is 12.0 Å². The molecule has 2 fully saturated rings. The van der Waals surface area contributed by atoms with Crippen LogP contribution in [0.3, 0.4) is 0 Å². The Kier molecular flexibility index (Phi) is 4.06. The topological polar surface area (TPSA) is 56.6 Å². The Labute approximate surface area is 130 Å². The Morgan fingerprint density at radius 2 is 1.86 bits per heavy atom. The van der Waals surface area contributed by atoms with E-state index in [0.717, 1.165) is 29.8 Å². The van der Waals surface area contributed by atoms with Crippen LogP contribution in [0, 0.1) is 13.8 Å². The Bertz CT molecular complexity index is 590. The van der Waals surface area contributed by atoms with Crippen molar-refractivity contribution in [1.29, 1.82) is 0 Å². The highest BCUT2D eigenvalue weighted by atomic mass is 16.7. The van der Waals surface area contributed by atoms with Gasteiger partial charge in [0.2, 0.25) is 5.91 Å². The van der Waals surface area contributed by atoms with Crippen LogP contribution < -0.4 is 0 Å². The number of aromatic nitrogens is 2. The fourth-order valence-corrected chi connectivity index (χ4v) is 3.14. The van der Waals surface area contributed by atoms with E-state index >= 15 is 0 Å². The minimum absolute atomic E-state index is 0.0375. The van der Waals surface area contributed by atoms with Gasteiger partial charge in [0.25, 0.3) is 0 Å². The van der Waals surface area contributed by atoms with Gasteiger partial charge in [0.1, 0.15) is 0 Å². The fourth-order valence-electron chi connectivity index (χ4n) is 3.14. The predicted octanol–water partition coefficient (Wildman–Crippen LogP) is 1.42. The largest absolute Gasteiger partial charge is 0.347 e. The van der Waals surface area contributed by atoms with Crippen LogP contribution in [0.4, 0.5) is 0 Å². The lowest BCUT2D eigenvalue weighted by molar-refractivity contribution is -0.186. The highest BCUT2D eigenvalue weighted by Gasteiger charge is 2.40. The molecule has 1 amide bonds. The first-order valence-corrected chi connectivity index (χ1v) is 7.76. The summed E-state index contributed by atoms with van der Waals surface area (Å²) in [5.41, 5.74) is 3.02. The third kappa shape index (κ3) is 2.80. The molecule has 6 heteroatoms. The molecular formula is C16H23N3O3. The van der Waals surface area contributed by atoms with Crippen molar-refractivity contribution in [2.75, 3.05) is 26.3 Å². The normalized spacial score (nSPS) is 21.1. The van der Waals surface area contributed by atoms with Gasteiger partial charge in [0.05, 0.1) is 18.9 Å². The molecule has 1 aromatic heterocycles. The maximum atomic E-state index is 12.3. The second-order valence-corrected chi connectivity index (χ2v) is 5.97. The Morgan fingerprint density at radius 1 is 1.23 bits per heavy atom. The van der Waals surface area contributed by atoms with Gasteiger partial charge in [-0.15, -0.1) is 0 Å². The average Bonchev–Trinajstić information content (AvgIpc) is 3.04. The number of ether oxygens (including phenoxy) is 2. The van der Waals surface area contributed by atoms with Gasteiger partial charge in [-0.3, -0.25) is 9.48 Å². The number of carbonyl (C=O) groups excluding carboxylic acids is 1. The Hall–Kier alpha value is -1.66. The van der Waals surface area contributed by atoms with Crippen LogP contribution >= 0.6 is 0 Å². The molecule has 3 heterocycles. The van der Waals surface area contributed by atoms with Gasteiger partial charge in [-0.05, 0) is 19.9 Å². The van der Waals surface area contributed by atoms with E-state index in [4.69, 9.17) is 9.47 Å². The van der Waals surface area contributed by atoms with E-state index < -0.39 is 5.79 Å². The molecule has 3 rings (SSSR count). The van der Waals surface area contributed by atoms with Crippen molar-refractivity contribution in [3.63, 3.8) is 0 Å². The van der Waals surface area contributed by atoms with E-state index in [1.54, 1.807) is 6.08 Å². The average molecular weight is 305 g/mol. The zero-order valence-corrected chi connectivity index (χ0v) is 13.5. The number of nitrogens with zero attached hydrogens (tertiary/aromatic N) is 3. The van der Waals surface area contributed by atoms with Crippen LogP contribution in [0.2, 0.25) is 0 Å². The molecule has 2 saturated heterocycles. The monoisotopic (exact) mass is 305 g/mol. The van der Waals surface area contributed by atoms with Crippen LogP contribution in [0.25, 0.3) is 6.08 Å². The van der Waals surface area contributed by atoms with E-state index in [0.29, 0.717) is 26.3 Å². The molecule has 120 valence electrons. The maximum Gasteiger partial charge on any atom is 0.246 e. The minimum atomic E-state index is -0.434. The summed E-state index contributed by atoms with van der Waals surface area (Å²) in [5.74, 6) is -0.396. The summed E-state index contributed by atoms with van der Waals surface area (Å²) >= 11 is 0. The van der Waals surface area contributed by atoms with Gasteiger partial charge < -0.3 is 14.4 Å². The summed E-state index contributed by atoms with van der Waals surface area (Å²) in [5, 5.41) is 4.36. The summed E-state index contributed by atoms with van der Waals surface area (Å²) in [4.78, 5) is 14.2. The summed E-state index contributed by atoms with van der Waals surface area (Å²) in [6.07, 6.45) is 5.01. The number of carbonyl (C=O) groups is 1. The first-order valence-electron chi connectivity index (χ1n) is 7.76. The predicted molar refractivity (Wildman–Crippen MR) is 82.2 cm³/mol. The van der Waals surface area contributed by atoms with E-state index in [-0.39, 0.29) is 5.91 Å². The first-order chi connectivity index (χ1) is 10.5. The molecule has 22 heavy (non-hydrogen) atoms. The molecule has 0 bridgehead atoms. The van der Waals surface area contributed by atoms with Crippen LogP contribution in [-0.4, -0.2) is 52.7 Å². The quantitative estimate of drug-likeness (QED) is 0.775. The number of likely N-dealkylation sites (tertiary alicyclic amines) is 1. The Balaban J connectivity index is 1.62. The molecule has 2 aliphatic rings. The minimum Gasteiger partial charge on any atom is -0.347 e. The van der Waals surface area contributed by atoms with Crippen LogP contribution in [0.5, 0.6) is 0 Å². The zero-order valence-electron chi connectivity index (χ0n) is 13.5. The van der Waals surface area contributed by atoms with Gasteiger partial charge in [-0.1, -0.05) is 0 Å². The van der Waals surface area contributed by atoms with Crippen molar-refractivity contribution in [3.8, 4) is 0 Å². The number of amides is 1. The third-order valence-electron chi connectivity index (χ3n) is 4.61. The lowest BCUT2D eigenvalue weighted by Gasteiger charge is -2.37. The summed E-state index contributed by atoms with van der Waals surface area (Å²) in [6, 6.07) is 0. The standard InChI is InChI=1S/C16H23N3O3/c1-12-14(13(2)18(3)17-12)4-5-15(20)19-8-6-16(7-9-19)21-10-11-22-16/h4-5H,6-11H2,1-3H3. The molecule has 0 saturated carbocycles. The summed E-state index contributed by atoms with van der Waals surface area (Å²) < 4.78 is 13.2. The van der Waals surface area contributed by atoms with Gasteiger partial charge >= 0.3 is 0 Å². The molecule has 1 aromatic rings. The molecule has 2 aliphatic heterocycles. The lowest BCUT2D eigenvalue weighted by Crippen LogP contribution is -2.46. The van der Waals surface area contributed by atoms with Crippen LogP contribution in [0.1, 0.15) is 29.8 Å².